The molecule has 5 nitrogen and oxygen atoms in total. The number of methoxy groups -OCH3 is 1. The Bertz CT molecular complexity index is 1330. The smallest absolute Gasteiger partial charge is 0.343 e. The van der Waals surface area contributed by atoms with Gasteiger partial charge in [0.05, 0.1) is 12.8 Å². The molecule has 2 heterocycles. The normalized spacial score (nSPS) is 15.0. The molecule has 1 aliphatic rings. The van der Waals surface area contributed by atoms with Gasteiger partial charge >= 0.3 is 5.97 Å². The average molecular weight is 441 g/mol. The van der Waals surface area contributed by atoms with Crippen LogP contribution in [0.1, 0.15) is 35.0 Å². The molecule has 0 N–H and O–H groups in total. The third-order valence-electron chi connectivity index (χ3n) is 6.16. The molecule has 0 unspecified atom stereocenters. The molecule has 168 valence electrons. The van der Waals surface area contributed by atoms with Crippen molar-refractivity contribution in [3.8, 4) is 5.69 Å². The molecule has 0 saturated heterocycles. The highest BCUT2D eigenvalue weighted by Crippen LogP contribution is 2.36. The maximum absolute atomic E-state index is 13.4. The van der Waals surface area contributed by atoms with Crippen LogP contribution in [0.15, 0.2) is 71.6 Å². The lowest BCUT2D eigenvalue weighted by Crippen LogP contribution is -2.18. The van der Waals surface area contributed by atoms with Gasteiger partial charge in [0.2, 0.25) is 5.78 Å². The lowest BCUT2D eigenvalue weighted by Gasteiger charge is -2.21. The number of ether oxygens (including phenoxy) is 1. The highest BCUT2D eigenvalue weighted by molar-refractivity contribution is 6.30. The van der Waals surface area contributed by atoms with Crippen LogP contribution in [-0.4, -0.2) is 23.4 Å². The molecule has 2 aromatic carbocycles. The van der Waals surface area contributed by atoms with E-state index in [0.717, 1.165) is 28.3 Å². The van der Waals surface area contributed by atoms with E-state index in [0.29, 0.717) is 11.4 Å². The second kappa shape index (κ2) is 8.58. The van der Waals surface area contributed by atoms with Crippen molar-refractivity contribution in [2.24, 2.45) is 0 Å². The van der Waals surface area contributed by atoms with Crippen molar-refractivity contribution in [1.29, 1.82) is 0 Å². The number of Topliss-reactive ketones (excluding diaryl/α,β-unsaturated/α-hetero) is 1. The molecule has 4 rings (SSSR count). The van der Waals surface area contributed by atoms with E-state index in [9.17, 15) is 9.59 Å². The van der Waals surface area contributed by atoms with Crippen LogP contribution in [0.4, 0.5) is 5.69 Å². The predicted octanol–water partition coefficient (Wildman–Crippen LogP) is 5.59. The van der Waals surface area contributed by atoms with E-state index in [1.54, 1.807) is 6.92 Å². The topological polar surface area (TPSA) is 51.5 Å². The highest BCUT2D eigenvalue weighted by atomic mass is 16.5. The molecule has 0 amide bonds. The minimum Gasteiger partial charge on any atom is -0.465 e. The molecular formula is C28H28N2O3. The van der Waals surface area contributed by atoms with Gasteiger partial charge in [0, 0.05) is 28.5 Å². The van der Waals surface area contributed by atoms with E-state index in [4.69, 9.17) is 4.74 Å². The van der Waals surface area contributed by atoms with Crippen LogP contribution < -0.4 is 4.90 Å². The average Bonchev–Trinajstić information content (AvgIpc) is 3.20. The van der Waals surface area contributed by atoms with Crippen LogP contribution in [-0.2, 0) is 14.3 Å². The lowest BCUT2D eigenvalue weighted by atomic mass is 10.1. The molecule has 1 aromatic heterocycles. The fourth-order valence-electron chi connectivity index (χ4n) is 4.58. The first-order valence-electron chi connectivity index (χ1n) is 10.9. The molecule has 0 radical (unpaired) electrons. The zero-order valence-corrected chi connectivity index (χ0v) is 19.9. The van der Waals surface area contributed by atoms with Crippen molar-refractivity contribution in [2.75, 3.05) is 12.0 Å². The number of anilines is 1. The second-order valence-corrected chi connectivity index (χ2v) is 8.43. The van der Waals surface area contributed by atoms with Gasteiger partial charge in [-0.25, -0.2) is 4.79 Å². The van der Waals surface area contributed by atoms with Crippen molar-refractivity contribution >= 4 is 23.5 Å². The Morgan fingerprint density at radius 1 is 0.939 bits per heavy atom. The number of allylic oxidation sites excluding steroid dienone is 2. The van der Waals surface area contributed by atoms with Crippen LogP contribution in [0.2, 0.25) is 0 Å². The van der Waals surface area contributed by atoms with Crippen molar-refractivity contribution < 1.29 is 14.3 Å². The number of hydrogen-bond acceptors (Lipinski definition) is 4. The molecule has 0 atom stereocenters. The first-order chi connectivity index (χ1) is 15.7. The standard InChI is InChI=1S/C28H28N2O3/c1-17-12-13-24(18(2)14-17)29-19(3)15-22(20(29)4)16-25-27(31)26(28(32)33-6)21(5)30(25)23-10-8-7-9-11-23/h7-16H,1-6H3/b25-16-. The second-order valence-electron chi connectivity index (χ2n) is 8.43. The highest BCUT2D eigenvalue weighted by Gasteiger charge is 2.38. The maximum Gasteiger partial charge on any atom is 0.343 e. The summed E-state index contributed by atoms with van der Waals surface area (Å²) in [5.74, 6) is -0.956. The number of aryl methyl sites for hydroxylation is 3. The van der Waals surface area contributed by atoms with Gasteiger partial charge in [-0.2, -0.15) is 0 Å². The Morgan fingerprint density at radius 2 is 1.64 bits per heavy atom. The Morgan fingerprint density at radius 3 is 2.27 bits per heavy atom. The molecular weight excluding hydrogens is 412 g/mol. The van der Waals surface area contributed by atoms with Crippen LogP contribution in [0.25, 0.3) is 11.8 Å². The van der Waals surface area contributed by atoms with Crippen LogP contribution in [0.3, 0.4) is 0 Å². The van der Waals surface area contributed by atoms with E-state index in [1.165, 1.54) is 18.2 Å². The number of ketones is 1. The minimum atomic E-state index is -0.623. The first-order valence-corrected chi connectivity index (χ1v) is 10.9. The summed E-state index contributed by atoms with van der Waals surface area (Å²) in [4.78, 5) is 27.7. The SMILES string of the molecule is COC(=O)C1=C(C)N(c2ccccc2)/C(=C\c2cc(C)n(-c3ccc(C)cc3C)c2C)C1=O. The molecule has 1 aliphatic heterocycles. The third-order valence-corrected chi connectivity index (χ3v) is 6.16. The number of rotatable bonds is 4. The fraction of sp³-hybridized carbons (Fsp3) is 0.214. The Hall–Kier alpha value is -3.86. The largest absolute Gasteiger partial charge is 0.465 e. The molecule has 0 saturated carbocycles. The van der Waals surface area contributed by atoms with E-state index in [1.807, 2.05) is 48.2 Å². The van der Waals surface area contributed by atoms with Gasteiger partial charge < -0.3 is 14.2 Å². The molecule has 33 heavy (non-hydrogen) atoms. The zero-order valence-electron chi connectivity index (χ0n) is 19.9. The molecule has 0 bridgehead atoms. The van der Waals surface area contributed by atoms with Gasteiger partial charge in [0.25, 0.3) is 0 Å². The Kier molecular flexibility index (Phi) is 5.81. The van der Waals surface area contributed by atoms with Gasteiger partial charge in [0.1, 0.15) is 5.57 Å². The van der Waals surface area contributed by atoms with E-state index < -0.39 is 5.97 Å². The maximum atomic E-state index is 13.4. The van der Waals surface area contributed by atoms with Crippen molar-refractivity contribution in [3.63, 3.8) is 0 Å². The summed E-state index contributed by atoms with van der Waals surface area (Å²) in [5.41, 5.74) is 8.41. The number of carbonyl (C=O) groups is 2. The molecule has 0 spiro atoms. The fourth-order valence-corrected chi connectivity index (χ4v) is 4.58. The predicted molar refractivity (Wildman–Crippen MR) is 131 cm³/mol. The number of hydrogen-bond donors (Lipinski definition) is 0. The van der Waals surface area contributed by atoms with Crippen LogP contribution >= 0.6 is 0 Å². The summed E-state index contributed by atoms with van der Waals surface area (Å²) in [7, 11) is 1.29. The van der Waals surface area contributed by atoms with Crippen LogP contribution in [0.5, 0.6) is 0 Å². The number of esters is 1. The van der Waals surface area contributed by atoms with Gasteiger partial charge in [-0.1, -0.05) is 35.9 Å². The monoisotopic (exact) mass is 440 g/mol. The molecule has 0 fully saturated rings. The number of carbonyl (C=O) groups excluding carboxylic acids is 2. The third kappa shape index (κ3) is 3.80. The first kappa shape index (κ1) is 22.3. The van der Waals surface area contributed by atoms with Crippen molar-refractivity contribution in [2.45, 2.75) is 34.6 Å². The van der Waals surface area contributed by atoms with E-state index in [-0.39, 0.29) is 11.4 Å². The summed E-state index contributed by atoms with van der Waals surface area (Å²) in [5, 5.41) is 0. The van der Waals surface area contributed by atoms with Gasteiger partial charge in [-0.3, -0.25) is 4.79 Å². The molecule has 0 aliphatic carbocycles. The molecule has 3 aromatic rings. The Balaban J connectivity index is 1.87. The minimum absolute atomic E-state index is 0.0655. The van der Waals surface area contributed by atoms with Gasteiger partial charge in [-0.15, -0.1) is 0 Å². The summed E-state index contributed by atoms with van der Waals surface area (Å²) in [6, 6.07) is 18.0. The van der Waals surface area contributed by atoms with Crippen molar-refractivity contribution in [1.82, 2.24) is 4.57 Å². The number of para-hydroxylation sites is 1. The summed E-state index contributed by atoms with van der Waals surface area (Å²) >= 11 is 0. The van der Waals surface area contributed by atoms with Gasteiger partial charge in [-0.05, 0) is 76.1 Å². The van der Waals surface area contributed by atoms with E-state index in [2.05, 4.69) is 49.6 Å². The number of benzene rings is 2. The lowest BCUT2D eigenvalue weighted by molar-refractivity contribution is -0.137. The van der Waals surface area contributed by atoms with Gasteiger partial charge in [0.15, 0.2) is 0 Å². The van der Waals surface area contributed by atoms with Crippen molar-refractivity contribution in [3.05, 3.63) is 99.6 Å². The van der Waals surface area contributed by atoms with E-state index >= 15 is 0 Å². The summed E-state index contributed by atoms with van der Waals surface area (Å²) in [6.07, 6.45) is 1.87. The van der Waals surface area contributed by atoms with Crippen LogP contribution in [0, 0.1) is 27.7 Å². The zero-order chi connectivity index (χ0) is 23.9. The number of aromatic nitrogens is 1. The summed E-state index contributed by atoms with van der Waals surface area (Å²) in [6.45, 7) is 10.1. The molecule has 5 heteroatoms. The summed E-state index contributed by atoms with van der Waals surface area (Å²) < 4.78 is 7.11. The quantitative estimate of drug-likeness (QED) is 0.302. The Labute approximate surface area is 194 Å². The number of nitrogens with zero attached hydrogens (tertiary/aromatic N) is 2.